The molecule has 0 spiro atoms. The van der Waals surface area contributed by atoms with Crippen LogP contribution in [0.5, 0.6) is 0 Å². The molecule has 1 aliphatic carbocycles. The van der Waals surface area contributed by atoms with Crippen LogP contribution in [0.3, 0.4) is 0 Å². The minimum atomic E-state index is 0.188. The van der Waals surface area contributed by atoms with E-state index in [1.807, 2.05) is 36.9 Å². The van der Waals surface area contributed by atoms with Gasteiger partial charge in [0.05, 0.1) is 6.54 Å². The topological polar surface area (TPSA) is 32.3 Å². The SMILES string of the molecule is CCN(C(=O)CNc1cccc(C)c1Br)C1CC1. The first-order valence-corrected chi connectivity index (χ1v) is 7.21. The van der Waals surface area contributed by atoms with Crippen molar-refractivity contribution in [3.05, 3.63) is 28.2 Å². The molecule has 98 valence electrons. The lowest BCUT2D eigenvalue weighted by atomic mass is 10.2. The predicted octanol–water partition coefficient (Wildman–Crippen LogP) is 3.18. The van der Waals surface area contributed by atoms with Crippen LogP contribution < -0.4 is 5.32 Å². The minimum Gasteiger partial charge on any atom is -0.375 e. The predicted molar refractivity (Wildman–Crippen MR) is 77.8 cm³/mol. The third-order valence-corrected chi connectivity index (χ3v) is 4.32. The Labute approximate surface area is 117 Å². The van der Waals surface area contributed by atoms with Crippen LogP contribution >= 0.6 is 15.9 Å². The summed E-state index contributed by atoms with van der Waals surface area (Å²) in [5.74, 6) is 0.188. The highest BCUT2D eigenvalue weighted by molar-refractivity contribution is 9.10. The fourth-order valence-electron chi connectivity index (χ4n) is 2.08. The molecule has 0 aromatic heterocycles. The van der Waals surface area contributed by atoms with Gasteiger partial charge in [0.1, 0.15) is 0 Å². The van der Waals surface area contributed by atoms with Gasteiger partial charge in [-0.05, 0) is 54.2 Å². The standard InChI is InChI=1S/C14H19BrN2O/c1-3-17(11-7-8-11)13(18)9-16-12-6-4-5-10(2)14(12)15/h4-6,11,16H,3,7-9H2,1-2H3. The van der Waals surface area contributed by atoms with Gasteiger partial charge in [-0.25, -0.2) is 0 Å². The first-order chi connectivity index (χ1) is 8.63. The van der Waals surface area contributed by atoms with E-state index < -0.39 is 0 Å². The second-order valence-electron chi connectivity index (χ2n) is 4.70. The van der Waals surface area contributed by atoms with Gasteiger partial charge >= 0.3 is 0 Å². The van der Waals surface area contributed by atoms with E-state index in [1.54, 1.807) is 0 Å². The van der Waals surface area contributed by atoms with Crippen molar-refractivity contribution in [3.63, 3.8) is 0 Å². The summed E-state index contributed by atoms with van der Waals surface area (Å²) in [7, 11) is 0. The average Bonchev–Trinajstić information content (AvgIpc) is 3.16. The van der Waals surface area contributed by atoms with E-state index in [0.717, 1.165) is 29.5 Å². The van der Waals surface area contributed by atoms with Gasteiger partial charge in [-0.1, -0.05) is 12.1 Å². The van der Waals surface area contributed by atoms with Gasteiger partial charge in [0.15, 0.2) is 0 Å². The molecule has 0 radical (unpaired) electrons. The highest BCUT2D eigenvalue weighted by Gasteiger charge is 2.30. The van der Waals surface area contributed by atoms with Crippen molar-refractivity contribution < 1.29 is 4.79 Å². The van der Waals surface area contributed by atoms with E-state index in [0.29, 0.717) is 12.6 Å². The second-order valence-corrected chi connectivity index (χ2v) is 5.49. The highest BCUT2D eigenvalue weighted by atomic mass is 79.9. The Morgan fingerprint density at radius 2 is 2.22 bits per heavy atom. The van der Waals surface area contributed by atoms with Crippen molar-refractivity contribution >= 4 is 27.5 Å². The van der Waals surface area contributed by atoms with Gasteiger partial charge in [0, 0.05) is 22.7 Å². The second kappa shape index (κ2) is 5.74. The van der Waals surface area contributed by atoms with Gasteiger partial charge in [-0.3, -0.25) is 4.79 Å². The van der Waals surface area contributed by atoms with Crippen LogP contribution in [0.2, 0.25) is 0 Å². The number of carbonyl (C=O) groups excluding carboxylic acids is 1. The largest absolute Gasteiger partial charge is 0.375 e. The van der Waals surface area contributed by atoms with E-state index in [9.17, 15) is 4.79 Å². The maximum absolute atomic E-state index is 12.1. The number of amides is 1. The lowest BCUT2D eigenvalue weighted by molar-refractivity contribution is -0.129. The molecule has 0 heterocycles. The van der Waals surface area contributed by atoms with Gasteiger partial charge in [0.2, 0.25) is 5.91 Å². The van der Waals surface area contributed by atoms with E-state index in [4.69, 9.17) is 0 Å². The molecule has 4 heteroatoms. The van der Waals surface area contributed by atoms with Crippen molar-refractivity contribution in [2.45, 2.75) is 32.7 Å². The molecule has 1 amide bonds. The molecule has 3 nitrogen and oxygen atoms in total. The molecule has 18 heavy (non-hydrogen) atoms. The molecule has 1 aliphatic rings. The number of nitrogens with zero attached hydrogens (tertiary/aromatic N) is 1. The van der Waals surface area contributed by atoms with Crippen molar-refractivity contribution in [2.75, 3.05) is 18.4 Å². The number of hydrogen-bond acceptors (Lipinski definition) is 2. The van der Waals surface area contributed by atoms with Gasteiger partial charge < -0.3 is 10.2 Å². The molecule has 1 aromatic carbocycles. The zero-order valence-electron chi connectivity index (χ0n) is 10.9. The Bertz CT molecular complexity index is 443. The van der Waals surface area contributed by atoms with Gasteiger partial charge in [-0.15, -0.1) is 0 Å². The molecule has 0 saturated heterocycles. The Kier molecular flexibility index (Phi) is 4.27. The summed E-state index contributed by atoms with van der Waals surface area (Å²) in [5, 5.41) is 3.21. The third kappa shape index (κ3) is 3.05. The van der Waals surface area contributed by atoms with E-state index in [-0.39, 0.29) is 5.91 Å². The van der Waals surface area contributed by atoms with Crippen LogP contribution in [-0.2, 0) is 4.79 Å². The summed E-state index contributed by atoms with van der Waals surface area (Å²) in [4.78, 5) is 14.0. The quantitative estimate of drug-likeness (QED) is 0.906. The molecule has 1 saturated carbocycles. The Morgan fingerprint density at radius 1 is 1.50 bits per heavy atom. The van der Waals surface area contributed by atoms with Crippen molar-refractivity contribution in [1.29, 1.82) is 0 Å². The van der Waals surface area contributed by atoms with Crippen LogP contribution in [0.25, 0.3) is 0 Å². The average molecular weight is 311 g/mol. The maximum atomic E-state index is 12.1. The molecular formula is C14H19BrN2O. The summed E-state index contributed by atoms with van der Waals surface area (Å²) in [5.41, 5.74) is 2.15. The zero-order chi connectivity index (χ0) is 13.1. The molecule has 1 N–H and O–H groups in total. The Morgan fingerprint density at radius 3 is 2.83 bits per heavy atom. The van der Waals surface area contributed by atoms with Crippen molar-refractivity contribution in [1.82, 2.24) is 4.90 Å². The fourth-order valence-corrected chi connectivity index (χ4v) is 2.49. The number of hydrogen-bond donors (Lipinski definition) is 1. The van der Waals surface area contributed by atoms with Gasteiger partial charge in [0.25, 0.3) is 0 Å². The summed E-state index contributed by atoms with van der Waals surface area (Å²) in [6.07, 6.45) is 2.32. The zero-order valence-corrected chi connectivity index (χ0v) is 12.5. The van der Waals surface area contributed by atoms with Crippen molar-refractivity contribution in [2.24, 2.45) is 0 Å². The molecule has 1 aromatic rings. The monoisotopic (exact) mass is 310 g/mol. The summed E-state index contributed by atoms with van der Waals surface area (Å²) < 4.78 is 1.03. The minimum absolute atomic E-state index is 0.188. The first-order valence-electron chi connectivity index (χ1n) is 6.42. The van der Waals surface area contributed by atoms with Crippen LogP contribution in [0.15, 0.2) is 22.7 Å². The number of aryl methyl sites for hydroxylation is 1. The normalized spacial score (nSPS) is 14.4. The van der Waals surface area contributed by atoms with E-state index in [2.05, 4.69) is 21.2 Å². The summed E-state index contributed by atoms with van der Waals surface area (Å²) >= 11 is 3.54. The number of nitrogens with one attached hydrogen (secondary N) is 1. The smallest absolute Gasteiger partial charge is 0.242 e. The third-order valence-electron chi connectivity index (χ3n) is 3.27. The maximum Gasteiger partial charge on any atom is 0.242 e. The van der Waals surface area contributed by atoms with Crippen LogP contribution in [0, 0.1) is 6.92 Å². The number of benzene rings is 1. The first kappa shape index (κ1) is 13.4. The summed E-state index contributed by atoms with van der Waals surface area (Å²) in [6, 6.07) is 6.51. The Hall–Kier alpha value is -1.03. The van der Waals surface area contributed by atoms with E-state index >= 15 is 0 Å². The number of carbonyl (C=O) groups is 1. The molecule has 0 atom stereocenters. The summed E-state index contributed by atoms with van der Waals surface area (Å²) in [6.45, 7) is 5.25. The van der Waals surface area contributed by atoms with Crippen molar-refractivity contribution in [3.8, 4) is 0 Å². The number of likely N-dealkylation sites (N-methyl/N-ethyl adjacent to an activating group) is 1. The van der Waals surface area contributed by atoms with Crippen LogP contribution in [-0.4, -0.2) is 29.9 Å². The Balaban J connectivity index is 1.94. The van der Waals surface area contributed by atoms with Gasteiger partial charge in [-0.2, -0.15) is 0 Å². The molecule has 0 aliphatic heterocycles. The molecular weight excluding hydrogens is 292 g/mol. The molecule has 0 bridgehead atoms. The molecule has 0 unspecified atom stereocenters. The fraction of sp³-hybridized carbons (Fsp3) is 0.500. The van der Waals surface area contributed by atoms with E-state index in [1.165, 1.54) is 5.56 Å². The molecule has 1 fully saturated rings. The lowest BCUT2D eigenvalue weighted by Crippen LogP contribution is -2.37. The van der Waals surface area contributed by atoms with Crippen LogP contribution in [0.1, 0.15) is 25.3 Å². The van der Waals surface area contributed by atoms with Crippen LogP contribution in [0.4, 0.5) is 5.69 Å². The molecule has 2 rings (SSSR count). The lowest BCUT2D eigenvalue weighted by Gasteiger charge is -2.21. The number of rotatable bonds is 5. The number of halogens is 1. The highest BCUT2D eigenvalue weighted by Crippen LogP contribution is 2.28. The number of anilines is 1.